The summed E-state index contributed by atoms with van der Waals surface area (Å²) in [6, 6.07) is 11.7. The van der Waals surface area contributed by atoms with E-state index in [0.717, 1.165) is 30.2 Å². The smallest absolute Gasteiger partial charge is 0.264 e. The maximum absolute atomic E-state index is 12.9. The number of nitrogens with zero attached hydrogens (tertiary/aromatic N) is 2. The lowest BCUT2D eigenvalue weighted by Crippen LogP contribution is -2.27. The number of furan rings is 1. The van der Waals surface area contributed by atoms with E-state index in [4.69, 9.17) is 16.6 Å². The molecule has 0 fully saturated rings. The topological polar surface area (TPSA) is 36.7 Å². The number of anilines is 2. The van der Waals surface area contributed by atoms with Crippen molar-refractivity contribution >= 4 is 52.0 Å². The second-order valence-corrected chi connectivity index (χ2v) is 7.17. The Morgan fingerprint density at radius 1 is 1.07 bits per heavy atom. The fourth-order valence-corrected chi connectivity index (χ4v) is 3.45. The molecule has 0 unspecified atom stereocenters. The van der Waals surface area contributed by atoms with Gasteiger partial charge in [0.15, 0.2) is 0 Å². The Kier molecular flexibility index (Phi) is 10.6. The van der Waals surface area contributed by atoms with Crippen LogP contribution in [-0.4, -0.2) is 30.7 Å². The van der Waals surface area contributed by atoms with Crippen LogP contribution in [-0.2, 0) is 4.79 Å². The number of aryl methyl sites for hydroxylation is 1. The molecule has 1 aromatic carbocycles. The zero-order valence-electron chi connectivity index (χ0n) is 17.6. The lowest BCUT2D eigenvalue weighted by Gasteiger charge is -2.23. The summed E-state index contributed by atoms with van der Waals surface area (Å²) in [7, 11) is 1.76. The van der Waals surface area contributed by atoms with Crippen LogP contribution in [0, 0.1) is 6.92 Å². The van der Waals surface area contributed by atoms with Gasteiger partial charge in [-0.05, 0) is 57.2 Å². The van der Waals surface area contributed by atoms with E-state index >= 15 is 0 Å². The summed E-state index contributed by atoms with van der Waals surface area (Å²) < 4.78 is 7.03. The molecule has 0 aliphatic heterocycles. The molecule has 2 aromatic rings. The van der Waals surface area contributed by atoms with Crippen molar-refractivity contribution in [3.05, 3.63) is 52.8 Å². The molecule has 0 bridgehead atoms. The summed E-state index contributed by atoms with van der Waals surface area (Å²) in [6.07, 6.45) is 1.73. The number of likely N-dealkylation sites (N-methyl/N-ethyl adjacent to an activating group) is 1. The highest BCUT2D eigenvalue weighted by atomic mass is 32.2. The number of benzene rings is 1. The first-order chi connectivity index (χ1) is 13.5. The second-order valence-electron chi connectivity index (χ2n) is 5.72. The highest BCUT2D eigenvalue weighted by Crippen LogP contribution is 2.25. The van der Waals surface area contributed by atoms with E-state index in [1.807, 2.05) is 57.2 Å². The molecule has 4 nitrogen and oxygen atoms in total. The van der Waals surface area contributed by atoms with Crippen molar-refractivity contribution in [3.8, 4) is 0 Å². The molecule has 0 aliphatic carbocycles. The molecule has 2 rings (SSSR count). The molecule has 0 radical (unpaired) electrons. The van der Waals surface area contributed by atoms with Crippen molar-refractivity contribution in [3.63, 3.8) is 0 Å². The van der Waals surface area contributed by atoms with Crippen molar-refractivity contribution in [1.82, 2.24) is 0 Å². The molecule has 0 spiro atoms. The Morgan fingerprint density at radius 2 is 1.64 bits per heavy atom. The lowest BCUT2D eigenvalue weighted by atomic mass is 10.2. The van der Waals surface area contributed by atoms with Crippen LogP contribution in [0.5, 0.6) is 0 Å². The first-order valence-electron chi connectivity index (χ1n) is 9.51. The minimum Gasteiger partial charge on any atom is -0.462 e. The van der Waals surface area contributed by atoms with Crippen LogP contribution in [0.4, 0.5) is 11.4 Å². The van der Waals surface area contributed by atoms with Crippen molar-refractivity contribution in [2.45, 2.75) is 34.6 Å². The molecule has 152 valence electrons. The third kappa shape index (κ3) is 6.53. The SMILES string of the molecule is CC.CCN(CC)c1ccc(N(C)C(=O)/C(=C/c2ccc(C)o2)SC=S)cc1. The van der Waals surface area contributed by atoms with E-state index < -0.39 is 0 Å². The van der Waals surface area contributed by atoms with Gasteiger partial charge in [0.2, 0.25) is 0 Å². The van der Waals surface area contributed by atoms with Crippen LogP contribution in [0.25, 0.3) is 6.08 Å². The van der Waals surface area contributed by atoms with Gasteiger partial charge in [-0.1, -0.05) is 37.8 Å². The third-order valence-corrected chi connectivity index (χ3v) is 5.02. The average molecular weight is 419 g/mol. The third-order valence-electron chi connectivity index (χ3n) is 4.09. The van der Waals surface area contributed by atoms with Gasteiger partial charge in [-0.3, -0.25) is 4.79 Å². The molecule has 0 N–H and O–H groups in total. The lowest BCUT2D eigenvalue weighted by molar-refractivity contribution is -0.114. The van der Waals surface area contributed by atoms with Crippen LogP contribution >= 0.6 is 24.0 Å². The molecule has 1 aromatic heterocycles. The summed E-state index contributed by atoms with van der Waals surface area (Å²) >= 11 is 6.15. The predicted molar refractivity (Wildman–Crippen MR) is 127 cm³/mol. The Bertz CT molecular complexity index is 778. The first kappa shape index (κ1) is 24.0. The van der Waals surface area contributed by atoms with Gasteiger partial charge >= 0.3 is 0 Å². The standard InChI is InChI=1S/C20H24N2O2S2.C2H6/c1-5-22(6-2)17-10-8-16(9-11-17)21(4)20(23)19(26-14-25)13-18-12-7-15(3)24-18;1-2/h7-14H,5-6H2,1-4H3;1-2H3/b19-13-;. The monoisotopic (exact) mass is 418 g/mol. The normalized spacial score (nSPS) is 10.7. The second kappa shape index (κ2) is 12.4. The van der Waals surface area contributed by atoms with Crippen molar-refractivity contribution < 1.29 is 9.21 Å². The van der Waals surface area contributed by atoms with Gasteiger partial charge in [-0.25, -0.2) is 0 Å². The summed E-state index contributed by atoms with van der Waals surface area (Å²) in [5.74, 6) is 1.32. The minimum atomic E-state index is -0.124. The first-order valence-corrected chi connectivity index (χ1v) is 10.9. The van der Waals surface area contributed by atoms with Gasteiger partial charge in [-0.15, -0.1) is 0 Å². The van der Waals surface area contributed by atoms with Crippen molar-refractivity contribution in [2.24, 2.45) is 0 Å². The highest BCUT2D eigenvalue weighted by Gasteiger charge is 2.17. The van der Waals surface area contributed by atoms with Crippen LogP contribution in [0.2, 0.25) is 0 Å². The van der Waals surface area contributed by atoms with Crippen molar-refractivity contribution in [2.75, 3.05) is 29.9 Å². The Hall–Kier alpha value is -2.05. The van der Waals surface area contributed by atoms with Crippen LogP contribution in [0.1, 0.15) is 39.2 Å². The molecular formula is C22H30N2O2S2. The Balaban J connectivity index is 0.00000190. The molecule has 0 saturated heterocycles. The summed E-state index contributed by atoms with van der Waals surface area (Å²) in [4.78, 5) is 17.3. The van der Waals surface area contributed by atoms with Gasteiger partial charge in [0.05, 0.1) is 4.91 Å². The van der Waals surface area contributed by atoms with E-state index in [9.17, 15) is 4.79 Å². The zero-order chi connectivity index (χ0) is 21.1. The molecule has 0 aliphatic rings. The summed E-state index contributed by atoms with van der Waals surface area (Å²) in [5.41, 5.74) is 1.98. The molecule has 0 saturated carbocycles. The number of amides is 1. The summed E-state index contributed by atoms with van der Waals surface area (Å²) in [6.45, 7) is 12.0. The van der Waals surface area contributed by atoms with Gasteiger partial charge < -0.3 is 14.2 Å². The fraction of sp³-hybridized carbons (Fsp3) is 0.364. The zero-order valence-corrected chi connectivity index (χ0v) is 19.2. The number of rotatable bonds is 8. The van der Waals surface area contributed by atoms with Gasteiger partial charge in [0.25, 0.3) is 5.91 Å². The van der Waals surface area contributed by atoms with Gasteiger partial charge in [0.1, 0.15) is 11.5 Å². The van der Waals surface area contributed by atoms with Crippen LogP contribution in [0.3, 0.4) is 0 Å². The fourth-order valence-electron chi connectivity index (χ4n) is 2.62. The van der Waals surface area contributed by atoms with Crippen LogP contribution < -0.4 is 9.80 Å². The van der Waals surface area contributed by atoms with Crippen molar-refractivity contribution in [1.29, 1.82) is 0 Å². The van der Waals surface area contributed by atoms with E-state index in [0.29, 0.717) is 10.7 Å². The molecule has 28 heavy (non-hydrogen) atoms. The number of thiocarbonyl (C=S) groups is 1. The maximum atomic E-state index is 12.9. The number of thioether (sulfide) groups is 1. The van der Waals surface area contributed by atoms with Gasteiger partial charge in [0, 0.05) is 42.3 Å². The predicted octanol–water partition coefficient (Wildman–Crippen LogP) is 6.15. The highest BCUT2D eigenvalue weighted by molar-refractivity contribution is 8.24. The number of carbonyl (C=O) groups is 1. The van der Waals surface area contributed by atoms with Gasteiger partial charge in [-0.2, -0.15) is 0 Å². The number of carbonyl (C=O) groups excluding carboxylic acids is 1. The largest absolute Gasteiger partial charge is 0.462 e. The molecule has 6 heteroatoms. The quantitative estimate of drug-likeness (QED) is 0.379. The Labute approximate surface area is 178 Å². The van der Waals surface area contributed by atoms with E-state index in [1.54, 1.807) is 18.0 Å². The molecule has 0 atom stereocenters. The molecule has 1 heterocycles. The van der Waals surface area contributed by atoms with E-state index in [2.05, 4.69) is 18.7 Å². The summed E-state index contributed by atoms with van der Waals surface area (Å²) in [5, 5.41) is 0. The van der Waals surface area contributed by atoms with Crippen LogP contribution in [0.15, 0.2) is 45.7 Å². The maximum Gasteiger partial charge on any atom is 0.264 e. The molecule has 1 amide bonds. The van der Waals surface area contributed by atoms with E-state index in [-0.39, 0.29) is 5.91 Å². The molecular weight excluding hydrogens is 388 g/mol. The Morgan fingerprint density at radius 3 is 2.11 bits per heavy atom. The number of hydrogen-bond donors (Lipinski definition) is 0. The minimum absolute atomic E-state index is 0.124. The number of hydrogen-bond acceptors (Lipinski definition) is 5. The van der Waals surface area contributed by atoms with E-state index in [1.165, 1.54) is 16.5 Å². The average Bonchev–Trinajstić information content (AvgIpc) is 3.14.